The molecular formula is C14H26N2O. The predicted molar refractivity (Wildman–Crippen MR) is 69.6 cm³/mol. The lowest BCUT2D eigenvalue weighted by molar-refractivity contribution is -0.126. The third-order valence-corrected chi connectivity index (χ3v) is 4.37. The van der Waals surface area contributed by atoms with Crippen LogP contribution in [0, 0.1) is 5.92 Å². The first-order chi connectivity index (χ1) is 8.27. The first-order valence-electron chi connectivity index (χ1n) is 7.33. The van der Waals surface area contributed by atoms with E-state index in [0.29, 0.717) is 0 Å². The summed E-state index contributed by atoms with van der Waals surface area (Å²) in [6.45, 7) is 0. The fraction of sp³-hybridized carbons (Fsp3) is 0.929. The molecule has 2 rings (SSSR count). The minimum absolute atomic E-state index is 0.179. The van der Waals surface area contributed by atoms with Gasteiger partial charge in [-0.25, -0.2) is 0 Å². The highest BCUT2D eigenvalue weighted by molar-refractivity contribution is 5.79. The minimum atomic E-state index is 0.179. The van der Waals surface area contributed by atoms with Crippen molar-refractivity contribution in [2.45, 2.75) is 76.3 Å². The number of hydrogen-bond donors (Lipinski definition) is 2. The molecule has 2 aliphatic rings. The molecule has 1 amide bonds. The van der Waals surface area contributed by atoms with E-state index in [9.17, 15) is 4.79 Å². The van der Waals surface area contributed by atoms with E-state index in [1.807, 2.05) is 0 Å². The Kier molecular flexibility index (Phi) is 4.84. The summed E-state index contributed by atoms with van der Waals surface area (Å²) in [4.78, 5) is 12.2. The molecule has 0 heterocycles. The normalized spacial score (nSPS) is 31.8. The van der Waals surface area contributed by atoms with E-state index in [-0.39, 0.29) is 23.9 Å². The Morgan fingerprint density at radius 3 is 2.12 bits per heavy atom. The van der Waals surface area contributed by atoms with Gasteiger partial charge >= 0.3 is 0 Å². The van der Waals surface area contributed by atoms with Gasteiger partial charge in [0.25, 0.3) is 0 Å². The topological polar surface area (TPSA) is 55.1 Å². The Hall–Kier alpha value is -0.570. The van der Waals surface area contributed by atoms with Gasteiger partial charge in [0, 0.05) is 18.0 Å². The number of rotatable bonds is 2. The van der Waals surface area contributed by atoms with E-state index in [0.717, 1.165) is 25.7 Å². The van der Waals surface area contributed by atoms with Gasteiger partial charge in [0.05, 0.1) is 0 Å². The van der Waals surface area contributed by atoms with Crippen molar-refractivity contribution in [1.82, 2.24) is 5.32 Å². The smallest absolute Gasteiger partial charge is 0.223 e. The molecule has 0 spiro atoms. The quantitative estimate of drug-likeness (QED) is 0.726. The highest BCUT2D eigenvalue weighted by atomic mass is 16.1. The lowest BCUT2D eigenvalue weighted by Gasteiger charge is -2.30. The summed E-state index contributed by atoms with van der Waals surface area (Å²) in [5.74, 6) is 0.529. The van der Waals surface area contributed by atoms with Crippen molar-refractivity contribution in [1.29, 1.82) is 0 Å². The highest BCUT2D eigenvalue weighted by Gasteiger charge is 2.27. The SMILES string of the molecule is N[C@@H]1CCCC[C@H]1NC(=O)C1CCCCCC1. The van der Waals surface area contributed by atoms with Crippen LogP contribution in [0.15, 0.2) is 0 Å². The molecular weight excluding hydrogens is 212 g/mol. The molecule has 3 N–H and O–H groups in total. The van der Waals surface area contributed by atoms with Crippen molar-refractivity contribution in [2.75, 3.05) is 0 Å². The Morgan fingerprint density at radius 2 is 1.47 bits per heavy atom. The van der Waals surface area contributed by atoms with Crippen LogP contribution in [-0.4, -0.2) is 18.0 Å². The third kappa shape index (κ3) is 3.70. The first-order valence-corrected chi connectivity index (χ1v) is 7.33. The molecule has 0 aromatic heterocycles. The number of nitrogens with two attached hydrogens (primary N) is 1. The second-order valence-electron chi connectivity index (χ2n) is 5.75. The second kappa shape index (κ2) is 6.39. The summed E-state index contributed by atoms with van der Waals surface area (Å²) in [6, 6.07) is 0.415. The van der Waals surface area contributed by atoms with Crippen LogP contribution >= 0.6 is 0 Å². The molecule has 2 atom stereocenters. The Labute approximate surface area is 105 Å². The molecule has 2 saturated carbocycles. The van der Waals surface area contributed by atoms with Crippen LogP contribution in [0.4, 0.5) is 0 Å². The number of hydrogen-bond acceptors (Lipinski definition) is 2. The van der Waals surface area contributed by atoms with E-state index >= 15 is 0 Å². The summed E-state index contributed by atoms with van der Waals surface area (Å²) < 4.78 is 0. The Bertz CT molecular complexity index is 247. The van der Waals surface area contributed by atoms with Crippen LogP contribution < -0.4 is 11.1 Å². The van der Waals surface area contributed by atoms with Gasteiger partial charge in [-0.15, -0.1) is 0 Å². The van der Waals surface area contributed by atoms with Crippen molar-refractivity contribution >= 4 is 5.91 Å². The monoisotopic (exact) mass is 238 g/mol. The lowest BCUT2D eigenvalue weighted by Crippen LogP contribution is -2.50. The predicted octanol–water partition coefficient (Wildman–Crippen LogP) is 2.34. The highest BCUT2D eigenvalue weighted by Crippen LogP contribution is 2.24. The lowest BCUT2D eigenvalue weighted by atomic mass is 9.90. The molecule has 0 bridgehead atoms. The summed E-state index contributed by atoms with van der Waals surface area (Å²) in [6.07, 6.45) is 11.8. The molecule has 0 saturated heterocycles. The van der Waals surface area contributed by atoms with E-state index in [2.05, 4.69) is 5.32 Å². The van der Waals surface area contributed by atoms with Crippen LogP contribution in [0.3, 0.4) is 0 Å². The van der Waals surface area contributed by atoms with Gasteiger partial charge in [0.15, 0.2) is 0 Å². The first kappa shape index (κ1) is 12.9. The summed E-state index contributed by atoms with van der Waals surface area (Å²) in [5, 5.41) is 3.20. The van der Waals surface area contributed by atoms with Gasteiger partial charge in [-0.05, 0) is 25.7 Å². The number of carbonyl (C=O) groups excluding carboxylic acids is 1. The van der Waals surface area contributed by atoms with Crippen LogP contribution in [0.2, 0.25) is 0 Å². The minimum Gasteiger partial charge on any atom is -0.352 e. The summed E-state index contributed by atoms with van der Waals surface area (Å²) in [7, 11) is 0. The third-order valence-electron chi connectivity index (χ3n) is 4.37. The van der Waals surface area contributed by atoms with Crippen LogP contribution in [-0.2, 0) is 4.79 Å². The van der Waals surface area contributed by atoms with Gasteiger partial charge in [-0.2, -0.15) is 0 Å². The number of carbonyl (C=O) groups is 1. The van der Waals surface area contributed by atoms with Crippen LogP contribution in [0.25, 0.3) is 0 Å². The molecule has 98 valence electrons. The standard InChI is InChI=1S/C14H26N2O/c15-12-9-5-6-10-13(12)16-14(17)11-7-3-1-2-4-8-11/h11-13H,1-10,15H2,(H,16,17)/t12-,13-/m1/s1. The number of nitrogens with one attached hydrogen (secondary N) is 1. The van der Waals surface area contributed by atoms with Gasteiger partial charge in [-0.1, -0.05) is 38.5 Å². The summed E-state index contributed by atoms with van der Waals surface area (Å²) >= 11 is 0. The van der Waals surface area contributed by atoms with E-state index in [4.69, 9.17) is 5.73 Å². The Morgan fingerprint density at radius 1 is 0.882 bits per heavy atom. The maximum atomic E-state index is 12.2. The van der Waals surface area contributed by atoms with Crippen molar-refractivity contribution < 1.29 is 4.79 Å². The molecule has 2 aliphatic carbocycles. The molecule has 2 fully saturated rings. The fourth-order valence-electron chi connectivity index (χ4n) is 3.18. The van der Waals surface area contributed by atoms with Crippen molar-refractivity contribution in [2.24, 2.45) is 11.7 Å². The molecule has 0 unspecified atom stereocenters. The van der Waals surface area contributed by atoms with E-state index in [1.54, 1.807) is 0 Å². The van der Waals surface area contributed by atoms with E-state index < -0.39 is 0 Å². The van der Waals surface area contributed by atoms with Crippen molar-refractivity contribution in [3.05, 3.63) is 0 Å². The average Bonchev–Trinajstić information content (AvgIpc) is 2.61. The van der Waals surface area contributed by atoms with Gasteiger partial charge in [0.1, 0.15) is 0 Å². The van der Waals surface area contributed by atoms with Crippen LogP contribution in [0.5, 0.6) is 0 Å². The number of amides is 1. The van der Waals surface area contributed by atoms with Gasteiger partial charge in [-0.3, -0.25) is 4.79 Å². The van der Waals surface area contributed by atoms with Crippen LogP contribution in [0.1, 0.15) is 64.2 Å². The molecule has 0 aromatic carbocycles. The maximum Gasteiger partial charge on any atom is 0.223 e. The average molecular weight is 238 g/mol. The van der Waals surface area contributed by atoms with Crippen molar-refractivity contribution in [3.8, 4) is 0 Å². The molecule has 3 heteroatoms. The van der Waals surface area contributed by atoms with E-state index in [1.165, 1.54) is 38.5 Å². The molecule has 0 aromatic rings. The zero-order chi connectivity index (χ0) is 12.1. The van der Waals surface area contributed by atoms with Crippen molar-refractivity contribution in [3.63, 3.8) is 0 Å². The molecule has 3 nitrogen and oxygen atoms in total. The molecule has 0 radical (unpaired) electrons. The molecule has 0 aliphatic heterocycles. The van der Waals surface area contributed by atoms with Gasteiger partial charge < -0.3 is 11.1 Å². The zero-order valence-electron chi connectivity index (χ0n) is 10.8. The fourth-order valence-corrected chi connectivity index (χ4v) is 3.18. The largest absolute Gasteiger partial charge is 0.352 e. The zero-order valence-corrected chi connectivity index (χ0v) is 10.8. The second-order valence-corrected chi connectivity index (χ2v) is 5.75. The maximum absolute atomic E-state index is 12.2. The van der Waals surface area contributed by atoms with Gasteiger partial charge in [0.2, 0.25) is 5.91 Å². The molecule has 17 heavy (non-hydrogen) atoms. The Balaban J connectivity index is 1.82. The summed E-state index contributed by atoms with van der Waals surface area (Å²) in [5.41, 5.74) is 6.07.